The summed E-state index contributed by atoms with van der Waals surface area (Å²) in [5.74, 6) is 2.04. The predicted octanol–water partition coefficient (Wildman–Crippen LogP) is 14.8. The second-order valence-electron chi connectivity index (χ2n) is 16.1. The van der Waals surface area contributed by atoms with Crippen LogP contribution in [0.15, 0.2) is 140 Å². The van der Waals surface area contributed by atoms with Gasteiger partial charge in [-0.15, -0.1) is 0 Å². The van der Waals surface area contributed by atoms with Gasteiger partial charge in [0.1, 0.15) is 23.8 Å². The smallest absolute Gasteiger partial charge is 0.490 e. The van der Waals surface area contributed by atoms with Crippen molar-refractivity contribution in [3.8, 4) is 28.4 Å². The molecule has 5 rings (SSSR count). The molecule has 58 heavy (non-hydrogen) atoms. The number of nitrogens with zero attached hydrogens (tertiary/aromatic N) is 1. The fourth-order valence-electron chi connectivity index (χ4n) is 7.27. The molecule has 308 valence electrons. The summed E-state index contributed by atoms with van der Waals surface area (Å²) in [6, 6.07) is 46.6. The highest BCUT2D eigenvalue weighted by Gasteiger charge is 2.32. The van der Waals surface area contributed by atoms with Gasteiger partial charge in [-0.25, -0.2) is 0 Å². The van der Waals surface area contributed by atoms with Gasteiger partial charge in [-0.3, -0.25) is 0 Å². The number of unbranched alkanes of at least 4 members (excludes halogenated alkanes) is 15. The van der Waals surface area contributed by atoms with Crippen molar-refractivity contribution < 1.29 is 18.4 Å². The molecule has 0 atom stereocenters. The maximum Gasteiger partial charge on any atom is 0.864 e. The van der Waals surface area contributed by atoms with E-state index in [9.17, 15) is 0 Å². The second-order valence-corrected chi connectivity index (χ2v) is 16.1. The molecule has 0 radical (unpaired) electrons. The number of quaternary nitrogens is 1. The Morgan fingerprint density at radius 3 is 1.50 bits per heavy atom. The second kappa shape index (κ2) is 27.8. The molecule has 0 fully saturated rings. The lowest BCUT2D eigenvalue weighted by molar-refractivity contribution is -0.903. The Morgan fingerprint density at radius 1 is 0.534 bits per heavy atom. The van der Waals surface area contributed by atoms with E-state index in [1.165, 1.54) is 108 Å². The molecule has 0 saturated heterocycles. The van der Waals surface area contributed by atoms with E-state index in [0.717, 1.165) is 34.3 Å². The molecular weight excluding hydrogens is 709 g/mol. The van der Waals surface area contributed by atoms with Crippen molar-refractivity contribution in [2.24, 2.45) is 0 Å². The molecule has 5 aromatic rings. The summed E-state index contributed by atoms with van der Waals surface area (Å²) in [4.78, 5) is 0. The standard InChI is InChI=1S/C47H65BNO3.C6H5/c1-5-7-8-9-10-11-12-13-14-15-16-17-18-19-20-29-38-49(3,4)40-42-37-36-41(6-2)39-46(42)45-34-27-28-35-47(45)52-48(50-43-30-23-21-24-31-43)51-44-32-25-22-26-33-44;1-2-4-6-5-3-1/h6,21-28,30-37,39H,2,5,7-20,29,38,40H2,1,3-4H3;1-5H/q+1;-1. The largest absolute Gasteiger partial charge is 0.864 e. The van der Waals surface area contributed by atoms with Crippen LogP contribution in [-0.2, 0) is 6.54 Å². The van der Waals surface area contributed by atoms with E-state index in [-0.39, 0.29) is 0 Å². The fraction of sp³-hybridized carbons (Fsp3) is 0.396. The van der Waals surface area contributed by atoms with Crippen LogP contribution in [0.5, 0.6) is 17.2 Å². The lowest BCUT2D eigenvalue weighted by Gasteiger charge is -2.31. The summed E-state index contributed by atoms with van der Waals surface area (Å²) in [5, 5.41) is 0. The van der Waals surface area contributed by atoms with E-state index in [1.54, 1.807) is 0 Å². The molecule has 4 nitrogen and oxygen atoms in total. The highest BCUT2D eigenvalue weighted by atomic mass is 16.7. The van der Waals surface area contributed by atoms with Gasteiger partial charge >= 0.3 is 7.32 Å². The van der Waals surface area contributed by atoms with E-state index in [0.29, 0.717) is 17.2 Å². The van der Waals surface area contributed by atoms with Crippen LogP contribution in [0, 0.1) is 6.07 Å². The summed E-state index contributed by atoms with van der Waals surface area (Å²) in [7, 11) is 3.73. The van der Waals surface area contributed by atoms with Gasteiger partial charge in [0.2, 0.25) is 0 Å². The van der Waals surface area contributed by atoms with Crippen LogP contribution in [0.25, 0.3) is 17.2 Å². The highest BCUT2D eigenvalue weighted by molar-refractivity contribution is 6.39. The topological polar surface area (TPSA) is 27.7 Å². The molecule has 0 saturated carbocycles. The Labute approximate surface area is 353 Å². The van der Waals surface area contributed by atoms with Crippen LogP contribution in [0.2, 0.25) is 0 Å². The van der Waals surface area contributed by atoms with Crippen molar-refractivity contribution >= 4 is 13.4 Å². The molecule has 0 amide bonds. The Bertz CT molecular complexity index is 1710. The fourth-order valence-corrected chi connectivity index (χ4v) is 7.27. The molecule has 0 aliphatic rings. The normalized spacial score (nSPS) is 10.9. The average molecular weight is 780 g/mol. The highest BCUT2D eigenvalue weighted by Crippen LogP contribution is 2.35. The van der Waals surface area contributed by atoms with Crippen molar-refractivity contribution in [1.29, 1.82) is 0 Å². The van der Waals surface area contributed by atoms with Crippen LogP contribution in [-0.4, -0.2) is 32.4 Å². The van der Waals surface area contributed by atoms with Gasteiger partial charge in [0.15, 0.2) is 0 Å². The Hall–Kier alpha value is -4.74. The van der Waals surface area contributed by atoms with Crippen molar-refractivity contribution in [3.05, 3.63) is 157 Å². The zero-order chi connectivity index (χ0) is 40.9. The lowest BCUT2D eigenvalue weighted by atomic mass is 9.95. The first-order chi connectivity index (χ1) is 28.5. The van der Waals surface area contributed by atoms with Crippen LogP contribution < -0.4 is 14.0 Å². The first kappa shape index (κ1) is 46.0. The van der Waals surface area contributed by atoms with Gasteiger partial charge in [0.05, 0.1) is 20.6 Å². The SMILES string of the molecule is C=Cc1ccc(C[N+](C)(C)CCCCCCCCCCCCCCCCCC)c(-c2ccccc2OB(Oc2ccccc2)Oc2ccccc2)c1.[c-]1ccccc1. The quantitative estimate of drug-likeness (QED) is 0.0230. The van der Waals surface area contributed by atoms with Crippen LogP contribution >= 0.6 is 0 Å². The Kier molecular flexibility index (Phi) is 22.0. The Balaban J connectivity index is 0.00000113. The van der Waals surface area contributed by atoms with Crippen molar-refractivity contribution in [1.82, 2.24) is 0 Å². The first-order valence-electron chi connectivity index (χ1n) is 22.2. The van der Waals surface area contributed by atoms with E-state index in [4.69, 9.17) is 14.0 Å². The molecule has 0 aromatic heterocycles. The lowest BCUT2D eigenvalue weighted by Crippen LogP contribution is -2.39. The molecule has 0 aliphatic heterocycles. The van der Waals surface area contributed by atoms with E-state index < -0.39 is 7.32 Å². The molecule has 0 unspecified atom stereocenters. The average Bonchev–Trinajstić information content (AvgIpc) is 3.25. The molecule has 0 heterocycles. The molecule has 0 spiro atoms. The molecule has 5 heteroatoms. The van der Waals surface area contributed by atoms with Gasteiger partial charge in [-0.2, -0.15) is 36.4 Å². The number of rotatable bonds is 27. The van der Waals surface area contributed by atoms with Crippen molar-refractivity contribution in [3.63, 3.8) is 0 Å². The third kappa shape index (κ3) is 18.7. The van der Waals surface area contributed by atoms with Crippen molar-refractivity contribution in [2.75, 3.05) is 20.6 Å². The van der Waals surface area contributed by atoms with E-state index >= 15 is 0 Å². The molecule has 5 aromatic carbocycles. The molecule has 0 aliphatic carbocycles. The van der Waals surface area contributed by atoms with Crippen LogP contribution in [0.3, 0.4) is 0 Å². The number of hydrogen-bond donors (Lipinski definition) is 0. The number of para-hydroxylation sites is 3. The summed E-state index contributed by atoms with van der Waals surface area (Å²) in [6.07, 6.45) is 24.2. The number of hydrogen-bond acceptors (Lipinski definition) is 3. The van der Waals surface area contributed by atoms with E-state index in [1.807, 2.05) is 109 Å². The molecule has 0 bridgehead atoms. The minimum Gasteiger partial charge on any atom is -0.490 e. The third-order valence-corrected chi connectivity index (χ3v) is 10.5. The zero-order valence-electron chi connectivity index (χ0n) is 36.0. The van der Waals surface area contributed by atoms with Crippen molar-refractivity contribution in [2.45, 2.75) is 116 Å². The summed E-state index contributed by atoms with van der Waals surface area (Å²) < 4.78 is 19.9. The maximum absolute atomic E-state index is 6.55. The maximum atomic E-state index is 6.55. The Morgan fingerprint density at radius 2 is 1.02 bits per heavy atom. The van der Waals surface area contributed by atoms with Crippen LogP contribution in [0.1, 0.15) is 121 Å². The summed E-state index contributed by atoms with van der Waals surface area (Å²) in [6.45, 7) is 8.43. The first-order valence-corrected chi connectivity index (χ1v) is 22.2. The van der Waals surface area contributed by atoms with Gasteiger partial charge in [-0.05, 0) is 60.4 Å². The molecule has 0 N–H and O–H groups in total. The molecular formula is C53H70BNO3. The van der Waals surface area contributed by atoms with Crippen LogP contribution in [0.4, 0.5) is 0 Å². The third-order valence-electron chi connectivity index (χ3n) is 10.5. The number of benzene rings is 5. The van der Waals surface area contributed by atoms with Gasteiger partial charge in [0, 0.05) is 11.1 Å². The monoisotopic (exact) mass is 780 g/mol. The predicted molar refractivity (Wildman–Crippen MR) is 248 cm³/mol. The minimum atomic E-state index is -0.987. The van der Waals surface area contributed by atoms with Gasteiger partial charge in [0.25, 0.3) is 0 Å². The minimum absolute atomic E-state index is 0.670. The summed E-state index contributed by atoms with van der Waals surface area (Å²) in [5.41, 5.74) is 4.51. The summed E-state index contributed by atoms with van der Waals surface area (Å²) >= 11 is 0. The van der Waals surface area contributed by atoms with E-state index in [2.05, 4.69) is 64.0 Å². The van der Waals surface area contributed by atoms with Gasteiger partial charge < -0.3 is 18.4 Å². The van der Waals surface area contributed by atoms with Gasteiger partial charge in [-0.1, -0.05) is 176 Å². The zero-order valence-corrected chi connectivity index (χ0v) is 36.0.